The minimum absolute atomic E-state index is 0.146. The summed E-state index contributed by atoms with van der Waals surface area (Å²) in [5.74, 6) is 0. The van der Waals surface area contributed by atoms with Gasteiger partial charge in [0.05, 0.1) is 3.55 Å². The summed E-state index contributed by atoms with van der Waals surface area (Å²) in [6, 6.07) is 0.146. The van der Waals surface area contributed by atoms with Gasteiger partial charge < -0.3 is 10.8 Å². The highest BCUT2D eigenvalue weighted by Crippen LogP contribution is 2.36. The Morgan fingerprint density at radius 1 is 1.85 bits per heavy atom. The van der Waals surface area contributed by atoms with Gasteiger partial charge in [-0.3, -0.25) is 4.90 Å². The molecule has 2 atom stereocenters. The van der Waals surface area contributed by atoms with Crippen LogP contribution >= 0.6 is 22.6 Å². The molecule has 0 aromatic heterocycles. The zero-order valence-corrected chi connectivity index (χ0v) is 9.82. The molecular weight excluding hydrogens is 283 g/mol. The molecule has 0 aromatic carbocycles. The lowest BCUT2D eigenvalue weighted by Crippen LogP contribution is -2.54. The molecule has 5 heteroatoms. The smallest absolute Gasteiger partial charge is 0.408 e. The topological polar surface area (TPSA) is 66.6 Å². The molecule has 1 amide bonds. The maximum atomic E-state index is 10.9. The highest BCUT2D eigenvalue weighted by atomic mass is 127. The van der Waals surface area contributed by atoms with Gasteiger partial charge in [0.15, 0.2) is 0 Å². The first-order valence-electron chi connectivity index (χ1n) is 4.44. The van der Waals surface area contributed by atoms with E-state index >= 15 is 0 Å². The lowest BCUT2D eigenvalue weighted by atomic mass is 9.96. The van der Waals surface area contributed by atoms with Gasteiger partial charge in [0.25, 0.3) is 0 Å². The van der Waals surface area contributed by atoms with Crippen LogP contribution in [0.25, 0.3) is 0 Å². The van der Waals surface area contributed by atoms with Gasteiger partial charge in [0, 0.05) is 12.6 Å². The first kappa shape index (κ1) is 11.0. The van der Waals surface area contributed by atoms with Crippen molar-refractivity contribution in [1.82, 2.24) is 4.90 Å². The number of likely N-dealkylation sites (tertiary alicyclic amines) is 1. The van der Waals surface area contributed by atoms with Crippen LogP contribution in [-0.2, 0) is 0 Å². The Morgan fingerprint density at radius 2 is 2.46 bits per heavy atom. The van der Waals surface area contributed by atoms with E-state index in [4.69, 9.17) is 10.8 Å². The zero-order valence-electron chi connectivity index (χ0n) is 7.66. The molecular formula is C8H15IN2O2. The Kier molecular flexibility index (Phi) is 3.39. The molecule has 0 aromatic rings. The molecule has 13 heavy (non-hydrogen) atoms. The van der Waals surface area contributed by atoms with E-state index in [0.717, 1.165) is 19.3 Å². The van der Waals surface area contributed by atoms with E-state index in [0.29, 0.717) is 6.54 Å². The third-order valence-electron chi connectivity index (χ3n) is 2.55. The molecule has 1 aliphatic rings. The lowest BCUT2D eigenvalue weighted by Gasteiger charge is -2.43. The Hall–Kier alpha value is -0.0400. The minimum atomic E-state index is -0.830. The molecule has 4 nitrogen and oxygen atoms in total. The van der Waals surface area contributed by atoms with E-state index < -0.39 is 6.09 Å². The van der Waals surface area contributed by atoms with Gasteiger partial charge in [-0.2, -0.15) is 0 Å². The summed E-state index contributed by atoms with van der Waals surface area (Å²) in [6.07, 6.45) is 1.52. The number of rotatable bonds is 1. The minimum Gasteiger partial charge on any atom is -0.465 e. The van der Waals surface area contributed by atoms with E-state index in [9.17, 15) is 4.79 Å². The number of amides is 1. The lowest BCUT2D eigenvalue weighted by molar-refractivity contribution is 0.0931. The summed E-state index contributed by atoms with van der Waals surface area (Å²) in [5, 5.41) is 8.97. The molecule has 1 aliphatic heterocycles. The fraction of sp³-hybridized carbons (Fsp3) is 0.875. The van der Waals surface area contributed by atoms with Crippen LogP contribution in [0.15, 0.2) is 0 Å². The predicted octanol–water partition coefficient (Wildman–Crippen LogP) is 1.63. The number of hydrogen-bond donors (Lipinski definition) is 2. The van der Waals surface area contributed by atoms with E-state index in [1.54, 1.807) is 0 Å². The zero-order chi connectivity index (χ0) is 10.1. The molecule has 1 heterocycles. The van der Waals surface area contributed by atoms with Crippen molar-refractivity contribution < 1.29 is 9.90 Å². The molecule has 76 valence electrons. The van der Waals surface area contributed by atoms with Crippen LogP contribution in [0.3, 0.4) is 0 Å². The quantitative estimate of drug-likeness (QED) is 0.439. The summed E-state index contributed by atoms with van der Waals surface area (Å²) in [4.78, 5) is 12.4. The van der Waals surface area contributed by atoms with Crippen molar-refractivity contribution in [1.29, 1.82) is 0 Å². The van der Waals surface area contributed by atoms with Gasteiger partial charge in [0.2, 0.25) is 0 Å². The van der Waals surface area contributed by atoms with Crippen molar-refractivity contribution in [2.75, 3.05) is 6.54 Å². The van der Waals surface area contributed by atoms with Gasteiger partial charge in [-0.25, -0.2) is 4.79 Å². The van der Waals surface area contributed by atoms with Gasteiger partial charge >= 0.3 is 6.09 Å². The van der Waals surface area contributed by atoms with E-state index in [-0.39, 0.29) is 9.59 Å². The van der Waals surface area contributed by atoms with Gasteiger partial charge in [0.1, 0.15) is 0 Å². The number of alkyl halides is 1. The first-order chi connectivity index (χ1) is 5.99. The number of nitrogens with zero attached hydrogens (tertiary/aromatic N) is 1. The molecule has 1 rings (SSSR count). The Labute approximate surface area is 91.6 Å². The van der Waals surface area contributed by atoms with Gasteiger partial charge in [-0.15, -0.1) is 0 Å². The van der Waals surface area contributed by atoms with Crippen molar-refractivity contribution in [2.24, 2.45) is 5.73 Å². The molecule has 0 spiro atoms. The van der Waals surface area contributed by atoms with Gasteiger partial charge in [-0.1, -0.05) is 29.5 Å². The van der Waals surface area contributed by atoms with Crippen LogP contribution < -0.4 is 5.73 Å². The van der Waals surface area contributed by atoms with E-state index in [2.05, 4.69) is 22.6 Å². The van der Waals surface area contributed by atoms with Crippen molar-refractivity contribution in [3.63, 3.8) is 0 Å². The Morgan fingerprint density at radius 3 is 2.92 bits per heavy atom. The maximum Gasteiger partial charge on any atom is 0.408 e. The van der Waals surface area contributed by atoms with Crippen LogP contribution in [-0.4, -0.2) is 32.2 Å². The number of halogens is 1. The standard InChI is InChI=1S/C8H15IN2O2/c1-2-8(9)5-6(10)3-4-11(8)7(12)13/h6H,2-5,10H2,1H3,(H,12,13). The summed E-state index contributed by atoms with van der Waals surface area (Å²) in [7, 11) is 0. The van der Waals surface area contributed by atoms with E-state index in [1.807, 2.05) is 6.92 Å². The first-order valence-corrected chi connectivity index (χ1v) is 5.52. The van der Waals surface area contributed by atoms with Crippen molar-refractivity contribution in [3.05, 3.63) is 0 Å². The molecule has 0 saturated carbocycles. The Balaban J connectivity index is 2.78. The average molecular weight is 298 g/mol. The second-order valence-corrected chi connectivity index (χ2v) is 5.47. The average Bonchev–Trinajstić information content (AvgIpc) is 2.03. The highest BCUT2D eigenvalue weighted by Gasteiger charge is 2.40. The SMILES string of the molecule is CCC1(I)CC(N)CCN1C(=O)O. The summed E-state index contributed by atoms with van der Waals surface area (Å²) < 4.78 is -0.290. The fourth-order valence-corrected chi connectivity index (χ4v) is 2.72. The largest absolute Gasteiger partial charge is 0.465 e. The molecule has 1 saturated heterocycles. The second kappa shape index (κ2) is 4.00. The number of hydrogen-bond acceptors (Lipinski definition) is 2. The molecule has 0 aliphatic carbocycles. The molecule has 0 radical (unpaired) electrons. The number of carbonyl (C=O) groups is 1. The fourth-order valence-electron chi connectivity index (χ4n) is 1.71. The number of carboxylic acid groups (broad SMARTS) is 1. The van der Waals surface area contributed by atoms with Crippen LogP contribution in [0.5, 0.6) is 0 Å². The summed E-state index contributed by atoms with van der Waals surface area (Å²) in [6.45, 7) is 2.56. The van der Waals surface area contributed by atoms with Crippen molar-refractivity contribution in [2.45, 2.75) is 35.8 Å². The van der Waals surface area contributed by atoms with Crippen LogP contribution in [0.2, 0.25) is 0 Å². The van der Waals surface area contributed by atoms with Crippen molar-refractivity contribution in [3.8, 4) is 0 Å². The molecule has 3 N–H and O–H groups in total. The van der Waals surface area contributed by atoms with Crippen LogP contribution in [0, 0.1) is 0 Å². The number of piperidine rings is 1. The van der Waals surface area contributed by atoms with E-state index in [1.165, 1.54) is 4.90 Å². The highest BCUT2D eigenvalue weighted by molar-refractivity contribution is 14.1. The second-order valence-electron chi connectivity index (χ2n) is 3.46. The normalized spacial score (nSPS) is 34.7. The third-order valence-corrected chi connectivity index (χ3v) is 4.34. The monoisotopic (exact) mass is 298 g/mol. The Bertz CT molecular complexity index is 212. The van der Waals surface area contributed by atoms with Crippen molar-refractivity contribution >= 4 is 28.7 Å². The maximum absolute atomic E-state index is 10.9. The van der Waals surface area contributed by atoms with Crippen LogP contribution in [0.4, 0.5) is 4.79 Å². The predicted molar refractivity (Wildman–Crippen MR) is 59.0 cm³/mol. The summed E-state index contributed by atoms with van der Waals surface area (Å²) >= 11 is 2.21. The molecule has 1 fully saturated rings. The summed E-state index contributed by atoms with van der Waals surface area (Å²) in [5.41, 5.74) is 5.82. The molecule has 2 unspecified atom stereocenters. The number of nitrogens with two attached hydrogens (primary N) is 1. The molecule has 0 bridgehead atoms. The van der Waals surface area contributed by atoms with Crippen LogP contribution in [0.1, 0.15) is 26.2 Å². The third kappa shape index (κ3) is 2.25. The van der Waals surface area contributed by atoms with Gasteiger partial charge in [-0.05, 0) is 19.3 Å².